The number of amides is 2. The number of rotatable bonds is 4. The number of imide groups is 1. The molecule has 146 valence electrons. The molecule has 0 unspecified atom stereocenters. The van der Waals surface area contributed by atoms with Crippen molar-refractivity contribution in [3.63, 3.8) is 0 Å². The Morgan fingerprint density at radius 1 is 0.964 bits per heavy atom. The SMILES string of the molecule is COC(=O)C1=C[C@H]2[C@@H]3C(=O)N(c4ccccc4)C(=O)[C@H]3[C@@H]1C(=O)C2(OC)OC. The number of para-hydroxylation sites is 1. The van der Waals surface area contributed by atoms with Gasteiger partial charge in [-0.15, -0.1) is 0 Å². The third-order valence-electron chi connectivity index (χ3n) is 5.94. The molecule has 0 spiro atoms. The zero-order valence-corrected chi connectivity index (χ0v) is 15.6. The Hall–Kier alpha value is -2.84. The molecule has 1 saturated heterocycles. The topological polar surface area (TPSA) is 99.2 Å². The summed E-state index contributed by atoms with van der Waals surface area (Å²) in [6.45, 7) is 0. The predicted octanol–water partition coefficient (Wildman–Crippen LogP) is 0.709. The number of Topliss-reactive ketones (excluding diaryl/α,β-unsaturated/α-hetero) is 1. The molecule has 8 heteroatoms. The second-order valence-electron chi connectivity index (χ2n) is 6.96. The van der Waals surface area contributed by atoms with Crippen molar-refractivity contribution in [3.05, 3.63) is 42.0 Å². The minimum atomic E-state index is -1.73. The molecule has 1 heterocycles. The minimum Gasteiger partial charge on any atom is -0.466 e. The van der Waals surface area contributed by atoms with Crippen LogP contribution in [0.3, 0.4) is 0 Å². The first-order valence-electron chi connectivity index (χ1n) is 8.80. The van der Waals surface area contributed by atoms with Crippen molar-refractivity contribution in [2.75, 3.05) is 26.2 Å². The lowest BCUT2D eigenvalue weighted by Crippen LogP contribution is -2.65. The number of nitrogens with zero attached hydrogens (tertiary/aromatic N) is 1. The minimum absolute atomic E-state index is 0.0690. The maximum absolute atomic E-state index is 13.3. The molecule has 5 rings (SSSR count). The van der Waals surface area contributed by atoms with Crippen LogP contribution in [0.5, 0.6) is 0 Å². The first-order chi connectivity index (χ1) is 13.4. The van der Waals surface area contributed by atoms with Gasteiger partial charge in [-0.1, -0.05) is 24.3 Å². The quantitative estimate of drug-likeness (QED) is 0.428. The standard InChI is InChI=1S/C20H19NO7/c1-26-19(25)11-9-12-14-15(13(11)16(22)20(12,27-2)28-3)18(24)21(17(14)23)10-7-5-4-6-8-10/h4-9,12-15H,1-3H3/t12-,13+,14-,15-/m0/s1. The van der Waals surface area contributed by atoms with E-state index in [9.17, 15) is 19.2 Å². The van der Waals surface area contributed by atoms with Gasteiger partial charge in [0.1, 0.15) is 0 Å². The molecule has 1 aromatic rings. The Kier molecular flexibility index (Phi) is 4.20. The number of carbonyl (C=O) groups excluding carboxylic acids is 4. The Bertz CT molecular complexity index is 902. The second kappa shape index (κ2) is 6.35. The number of hydrogen-bond acceptors (Lipinski definition) is 7. The number of carbonyl (C=O) groups is 4. The van der Waals surface area contributed by atoms with Crippen molar-refractivity contribution < 1.29 is 33.4 Å². The fourth-order valence-corrected chi connectivity index (χ4v) is 4.77. The Morgan fingerprint density at radius 2 is 1.57 bits per heavy atom. The Morgan fingerprint density at radius 3 is 2.14 bits per heavy atom. The summed E-state index contributed by atoms with van der Waals surface area (Å²) < 4.78 is 15.6. The van der Waals surface area contributed by atoms with Gasteiger partial charge in [0.05, 0.1) is 36.5 Å². The van der Waals surface area contributed by atoms with Crippen LogP contribution in [0, 0.1) is 23.7 Å². The number of ether oxygens (including phenoxy) is 3. The molecule has 0 aromatic heterocycles. The number of fused-ring (bicyclic) bond motifs is 1. The van der Waals surface area contributed by atoms with Gasteiger partial charge in [0.25, 0.3) is 0 Å². The summed E-state index contributed by atoms with van der Waals surface area (Å²) in [5, 5.41) is 0. The van der Waals surface area contributed by atoms with Gasteiger partial charge in [0.15, 0.2) is 0 Å². The lowest BCUT2D eigenvalue weighted by Gasteiger charge is -2.50. The van der Waals surface area contributed by atoms with E-state index in [1.807, 2.05) is 0 Å². The van der Waals surface area contributed by atoms with E-state index in [1.165, 1.54) is 27.4 Å². The summed E-state index contributed by atoms with van der Waals surface area (Å²) in [4.78, 5) is 53.1. The Balaban J connectivity index is 1.88. The highest BCUT2D eigenvalue weighted by molar-refractivity contribution is 6.25. The summed E-state index contributed by atoms with van der Waals surface area (Å²) in [6.07, 6.45) is 1.49. The van der Waals surface area contributed by atoms with Crippen LogP contribution in [-0.4, -0.2) is 50.7 Å². The molecule has 1 saturated carbocycles. The summed E-state index contributed by atoms with van der Waals surface area (Å²) in [6, 6.07) is 8.48. The van der Waals surface area contributed by atoms with E-state index < -0.39 is 53.0 Å². The van der Waals surface area contributed by atoms with E-state index in [0.717, 1.165) is 4.90 Å². The summed E-state index contributed by atoms with van der Waals surface area (Å²) in [7, 11) is 3.81. The van der Waals surface area contributed by atoms with Gasteiger partial charge in [0, 0.05) is 19.8 Å². The predicted molar refractivity (Wildman–Crippen MR) is 94.8 cm³/mol. The van der Waals surface area contributed by atoms with Crippen LogP contribution in [0.2, 0.25) is 0 Å². The molecule has 0 radical (unpaired) electrons. The zero-order chi connectivity index (χ0) is 20.2. The fourth-order valence-electron chi connectivity index (χ4n) is 4.77. The van der Waals surface area contributed by atoms with Crippen molar-refractivity contribution in [3.8, 4) is 0 Å². The van der Waals surface area contributed by atoms with Gasteiger partial charge < -0.3 is 14.2 Å². The average molecular weight is 385 g/mol. The number of hydrogen-bond donors (Lipinski definition) is 0. The normalized spacial score (nSPS) is 30.3. The number of benzene rings is 1. The molecule has 0 N–H and O–H groups in total. The maximum Gasteiger partial charge on any atom is 0.334 e. The van der Waals surface area contributed by atoms with Crippen molar-refractivity contribution >= 4 is 29.3 Å². The highest BCUT2D eigenvalue weighted by Crippen LogP contribution is 2.56. The van der Waals surface area contributed by atoms with E-state index in [1.54, 1.807) is 30.3 Å². The van der Waals surface area contributed by atoms with Crippen LogP contribution in [0.15, 0.2) is 42.0 Å². The van der Waals surface area contributed by atoms with Gasteiger partial charge in [-0.2, -0.15) is 0 Å². The van der Waals surface area contributed by atoms with Crippen LogP contribution in [0.25, 0.3) is 0 Å². The highest BCUT2D eigenvalue weighted by Gasteiger charge is 2.71. The van der Waals surface area contributed by atoms with Gasteiger partial charge in [-0.25, -0.2) is 4.79 Å². The number of methoxy groups -OCH3 is 3. The Labute approximate surface area is 161 Å². The van der Waals surface area contributed by atoms with Crippen molar-refractivity contribution in [2.24, 2.45) is 23.7 Å². The first kappa shape index (κ1) is 18.5. The fraction of sp³-hybridized carbons (Fsp3) is 0.400. The maximum atomic E-state index is 13.3. The average Bonchev–Trinajstić information content (AvgIpc) is 3.00. The van der Waals surface area contributed by atoms with Crippen LogP contribution >= 0.6 is 0 Å². The van der Waals surface area contributed by atoms with Gasteiger partial charge in [-0.3, -0.25) is 19.3 Å². The van der Waals surface area contributed by atoms with Crippen LogP contribution in [-0.2, 0) is 33.4 Å². The second-order valence-corrected chi connectivity index (χ2v) is 6.96. The lowest BCUT2D eigenvalue weighted by molar-refractivity contribution is -0.247. The molecule has 28 heavy (non-hydrogen) atoms. The molecule has 2 fully saturated rings. The molecule has 2 bridgehead atoms. The molecule has 2 amide bonds. The molecule has 1 aromatic carbocycles. The molecular formula is C20H19NO7. The molecular weight excluding hydrogens is 366 g/mol. The van der Waals surface area contributed by atoms with Crippen LogP contribution in [0.1, 0.15) is 0 Å². The molecule has 8 nitrogen and oxygen atoms in total. The molecule has 4 atom stereocenters. The van der Waals surface area contributed by atoms with E-state index in [4.69, 9.17) is 14.2 Å². The van der Waals surface area contributed by atoms with Crippen molar-refractivity contribution in [2.45, 2.75) is 5.79 Å². The number of ketones is 1. The first-order valence-corrected chi connectivity index (χ1v) is 8.80. The van der Waals surface area contributed by atoms with Crippen molar-refractivity contribution in [1.82, 2.24) is 0 Å². The molecule has 4 aliphatic rings. The van der Waals surface area contributed by atoms with Gasteiger partial charge in [-0.05, 0) is 12.1 Å². The van der Waals surface area contributed by atoms with E-state index in [-0.39, 0.29) is 5.57 Å². The van der Waals surface area contributed by atoms with Gasteiger partial charge >= 0.3 is 5.97 Å². The number of esters is 1. The summed E-state index contributed by atoms with van der Waals surface area (Å²) >= 11 is 0. The van der Waals surface area contributed by atoms with Crippen LogP contribution < -0.4 is 4.90 Å². The summed E-state index contributed by atoms with van der Waals surface area (Å²) in [5.74, 6) is -7.92. The highest BCUT2D eigenvalue weighted by atomic mass is 16.7. The third-order valence-corrected chi connectivity index (χ3v) is 5.94. The van der Waals surface area contributed by atoms with E-state index >= 15 is 0 Å². The van der Waals surface area contributed by atoms with Gasteiger partial charge in [0.2, 0.25) is 23.4 Å². The smallest absolute Gasteiger partial charge is 0.334 e. The zero-order valence-electron chi connectivity index (χ0n) is 15.6. The monoisotopic (exact) mass is 385 g/mol. The third kappa shape index (κ3) is 2.12. The van der Waals surface area contributed by atoms with E-state index in [0.29, 0.717) is 5.69 Å². The lowest BCUT2D eigenvalue weighted by atomic mass is 9.56. The largest absolute Gasteiger partial charge is 0.466 e. The van der Waals surface area contributed by atoms with E-state index in [2.05, 4.69) is 0 Å². The number of anilines is 1. The van der Waals surface area contributed by atoms with Crippen molar-refractivity contribution in [1.29, 1.82) is 0 Å². The molecule has 3 aliphatic carbocycles. The summed E-state index contributed by atoms with van der Waals surface area (Å²) in [5.41, 5.74) is 0.485. The van der Waals surface area contributed by atoms with Crippen LogP contribution in [0.4, 0.5) is 5.69 Å². The molecule has 1 aliphatic heterocycles.